The molecule has 0 amide bonds. The minimum atomic E-state index is -3.23. The standard InChI is InChI=1S/C14H20ClN3O3S/c1-2-22(19,20)14(4-3-5-14)11-10-12(15)17-13(16-11)18-6-8-21-9-7-18/h10H,2-9H2,1H3. The monoisotopic (exact) mass is 345 g/mol. The van der Waals surface area contributed by atoms with Crippen LogP contribution in [0, 0.1) is 0 Å². The summed E-state index contributed by atoms with van der Waals surface area (Å²) in [6.45, 7) is 4.29. The van der Waals surface area contributed by atoms with Crippen molar-refractivity contribution in [1.29, 1.82) is 0 Å². The Morgan fingerprint density at radius 3 is 2.55 bits per heavy atom. The highest BCUT2D eigenvalue weighted by molar-refractivity contribution is 7.92. The Labute approximate surface area is 135 Å². The van der Waals surface area contributed by atoms with E-state index in [1.807, 2.05) is 4.90 Å². The maximum absolute atomic E-state index is 12.6. The molecule has 0 atom stereocenters. The number of anilines is 1. The summed E-state index contributed by atoms with van der Waals surface area (Å²) in [4.78, 5) is 10.8. The van der Waals surface area contributed by atoms with Crippen LogP contribution in [0.1, 0.15) is 31.9 Å². The van der Waals surface area contributed by atoms with Crippen LogP contribution in [0.5, 0.6) is 0 Å². The van der Waals surface area contributed by atoms with Crippen LogP contribution >= 0.6 is 11.6 Å². The van der Waals surface area contributed by atoms with Crippen molar-refractivity contribution >= 4 is 27.4 Å². The van der Waals surface area contributed by atoms with Gasteiger partial charge < -0.3 is 9.64 Å². The molecule has 2 fully saturated rings. The molecule has 122 valence electrons. The van der Waals surface area contributed by atoms with Crippen molar-refractivity contribution in [1.82, 2.24) is 9.97 Å². The van der Waals surface area contributed by atoms with E-state index in [0.29, 0.717) is 55.9 Å². The predicted octanol–water partition coefficient (Wildman–Crippen LogP) is 1.78. The van der Waals surface area contributed by atoms with E-state index < -0.39 is 14.6 Å². The van der Waals surface area contributed by atoms with Crippen molar-refractivity contribution in [3.05, 3.63) is 16.9 Å². The van der Waals surface area contributed by atoms with Gasteiger partial charge in [0.25, 0.3) is 0 Å². The molecule has 0 unspecified atom stereocenters. The van der Waals surface area contributed by atoms with Gasteiger partial charge in [-0.2, -0.15) is 0 Å². The molecule has 0 bridgehead atoms. The molecule has 1 saturated carbocycles. The quantitative estimate of drug-likeness (QED) is 0.774. The zero-order valence-electron chi connectivity index (χ0n) is 12.6. The molecule has 2 heterocycles. The van der Waals surface area contributed by atoms with Crippen molar-refractivity contribution in [3.8, 4) is 0 Å². The fraction of sp³-hybridized carbons (Fsp3) is 0.714. The molecule has 1 aromatic heterocycles. The minimum absolute atomic E-state index is 0.113. The number of hydrogen-bond acceptors (Lipinski definition) is 6. The van der Waals surface area contributed by atoms with E-state index in [0.717, 1.165) is 6.42 Å². The maximum Gasteiger partial charge on any atom is 0.227 e. The Bertz CT molecular complexity index is 655. The van der Waals surface area contributed by atoms with Gasteiger partial charge in [-0.05, 0) is 25.3 Å². The van der Waals surface area contributed by atoms with Gasteiger partial charge in [0.05, 0.1) is 18.9 Å². The second-order valence-corrected chi connectivity index (χ2v) is 8.70. The van der Waals surface area contributed by atoms with Gasteiger partial charge in [0, 0.05) is 18.8 Å². The summed E-state index contributed by atoms with van der Waals surface area (Å²) in [5.41, 5.74) is 0.544. The minimum Gasteiger partial charge on any atom is -0.378 e. The van der Waals surface area contributed by atoms with Gasteiger partial charge in [-0.3, -0.25) is 0 Å². The van der Waals surface area contributed by atoms with E-state index in [2.05, 4.69) is 9.97 Å². The molecule has 0 aromatic carbocycles. The number of ether oxygens (including phenoxy) is 1. The molecule has 1 aliphatic heterocycles. The number of halogens is 1. The molecule has 0 radical (unpaired) electrons. The molecule has 2 aliphatic rings. The zero-order valence-corrected chi connectivity index (χ0v) is 14.2. The van der Waals surface area contributed by atoms with Gasteiger partial charge in [0.1, 0.15) is 9.90 Å². The molecule has 3 rings (SSSR count). The second-order valence-electron chi connectivity index (χ2n) is 5.73. The molecular weight excluding hydrogens is 326 g/mol. The first-order valence-electron chi connectivity index (χ1n) is 7.58. The lowest BCUT2D eigenvalue weighted by Gasteiger charge is -2.40. The molecule has 6 nitrogen and oxygen atoms in total. The van der Waals surface area contributed by atoms with Crippen molar-refractivity contribution in [2.45, 2.75) is 30.9 Å². The summed E-state index contributed by atoms with van der Waals surface area (Å²) < 4.78 is 29.6. The van der Waals surface area contributed by atoms with Gasteiger partial charge >= 0.3 is 0 Å². The van der Waals surface area contributed by atoms with E-state index in [1.165, 1.54) is 0 Å². The topological polar surface area (TPSA) is 72.4 Å². The number of hydrogen-bond donors (Lipinski definition) is 0. The Morgan fingerprint density at radius 1 is 1.32 bits per heavy atom. The Morgan fingerprint density at radius 2 is 2.00 bits per heavy atom. The lowest BCUT2D eigenvalue weighted by Crippen LogP contribution is -2.44. The van der Waals surface area contributed by atoms with Crippen LogP contribution in [0.4, 0.5) is 5.95 Å². The highest BCUT2D eigenvalue weighted by atomic mass is 35.5. The van der Waals surface area contributed by atoms with Gasteiger partial charge in [-0.15, -0.1) is 0 Å². The number of rotatable bonds is 4. The maximum atomic E-state index is 12.6. The largest absolute Gasteiger partial charge is 0.378 e. The molecule has 1 aliphatic carbocycles. The second kappa shape index (κ2) is 5.94. The molecule has 0 spiro atoms. The summed E-state index contributed by atoms with van der Waals surface area (Å²) in [5, 5.41) is 0.295. The van der Waals surface area contributed by atoms with Crippen molar-refractivity contribution in [2.24, 2.45) is 0 Å². The van der Waals surface area contributed by atoms with Crippen LogP contribution in [0.3, 0.4) is 0 Å². The van der Waals surface area contributed by atoms with Crippen molar-refractivity contribution in [3.63, 3.8) is 0 Å². The molecule has 1 saturated heterocycles. The number of aromatic nitrogens is 2. The van der Waals surface area contributed by atoms with Gasteiger partial charge in [-0.25, -0.2) is 18.4 Å². The third-order valence-electron chi connectivity index (χ3n) is 4.58. The first kappa shape index (κ1) is 16.0. The van der Waals surface area contributed by atoms with E-state index in [-0.39, 0.29) is 5.75 Å². The lowest BCUT2D eigenvalue weighted by atomic mass is 9.81. The molecule has 22 heavy (non-hydrogen) atoms. The normalized spacial score (nSPS) is 21.5. The third kappa shape index (κ3) is 2.59. The highest BCUT2D eigenvalue weighted by Gasteiger charge is 2.50. The summed E-state index contributed by atoms with van der Waals surface area (Å²) in [6.07, 6.45) is 2.12. The van der Waals surface area contributed by atoms with Crippen LogP contribution < -0.4 is 4.90 Å². The van der Waals surface area contributed by atoms with E-state index in [9.17, 15) is 8.42 Å². The number of morpholine rings is 1. The van der Waals surface area contributed by atoms with E-state index in [4.69, 9.17) is 16.3 Å². The van der Waals surface area contributed by atoms with Crippen LogP contribution in [0.15, 0.2) is 6.07 Å². The average Bonchev–Trinajstić information content (AvgIpc) is 2.46. The fourth-order valence-electron chi connectivity index (χ4n) is 3.04. The third-order valence-corrected chi connectivity index (χ3v) is 7.34. The summed E-state index contributed by atoms with van der Waals surface area (Å²) >= 11 is 6.15. The van der Waals surface area contributed by atoms with Crippen LogP contribution in [0.2, 0.25) is 5.15 Å². The highest BCUT2D eigenvalue weighted by Crippen LogP contribution is 2.48. The Kier molecular flexibility index (Phi) is 4.31. The summed E-state index contributed by atoms with van der Waals surface area (Å²) in [6, 6.07) is 1.61. The van der Waals surface area contributed by atoms with Crippen LogP contribution in [0.25, 0.3) is 0 Å². The SMILES string of the molecule is CCS(=O)(=O)C1(c2cc(Cl)nc(N3CCOCC3)n2)CCC1. The zero-order chi connectivity index (χ0) is 15.8. The van der Waals surface area contributed by atoms with Gasteiger partial charge in [0.15, 0.2) is 9.84 Å². The Hall–Kier alpha value is -0.920. The summed E-state index contributed by atoms with van der Waals surface area (Å²) in [7, 11) is -3.23. The van der Waals surface area contributed by atoms with Crippen LogP contribution in [-0.4, -0.2) is 50.4 Å². The smallest absolute Gasteiger partial charge is 0.227 e. The van der Waals surface area contributed by atoms with Crippen LogP contribution in [-0.2, 0) is 19.3 Å². The van der Waals surface area contributed by atoms with Gasteiger partial charge in [-0.1, -0.05) is 18.5 Å². The first-order valence-corrected chi connectivity index (χ1v) is 9.61. The first-order chi connectivity index (χ1) is 10.5. The number of sulfone groups is 1. The molecule has 1 aromatic rings. The van der Waals surface area contributed by atoms with Gasteiger partial charge in [0.2, 0.25) is 5.95 Å². The summed E-state index contributed by atoms with van der Waals surface area (Å²) in [5.74, 6) is 0.616. The van der Waals surface area contributed by atoms with Crippen molar-refractivity contribution in [2.75, 3.05) is 37.0 Å². The van der Waals surface area contributed by atoms with Crippen molar-refractivity contribution < 1.29 is 13.2 Å². The lowest BCUT2D eigenvalue weighted by molar-refractivity contribution is 0.122. The number of nitrogens with zero attached hydrogens (tertiary/aromatic N) is 3. The van der Waals surface area contributed by atoms with E-state index >= 15 is 0 Å². The van der Waals surface area contributed by atoms with E-state index in [1.54, 1.807) is 13.0 Å². The molecular formula is C14H20ClN3O3S. The Balaban J connectivity index is 2.02. The predicted molar refractivity (Wildman–Crippen MR) is 85.1 cm³/mol. The molecule has 8 heteroatoms. The molecule has 0 N–H and O–H groups in total. The average molecular weight is 346 g/mol. The fourth-order valence-corrected chi connectivity index (χ4v) is 5.11.